The monoisotopic (exact) mass is 585 g/mol. The Labute approximate surface area is 242 Å². The number of alkyl halides is 3. The smallest absolute Gasteiger partial charge is 0.369 e. The van der Waals surface area contributed by atoms with Crippen LogP contribution in [0.1, 0.15) is 36.4 Å². The number of halogens is 4. The van der Waals surface area contributed by atoms with E-state index < -0.39 is 23.6 Å². The van der Waals surface area contributed by atoms with Gasteiger partial charge in [0.05, 0.1) is 18.3 Å². The van der Waals surface area contributed by atoms with E-state index in [0.717, 1.165) is 63.9 Å². The van der Waals surface area contributed by atoms with Crippen molar-refractivity contribution in [1.82, 2.24) is 19.8 Å². The third-order valence-corrected chi connectivity index (χ3v) is 8.44. The summed E-state index contributed by atoms with van der Waals surface area (Å²) in [7, 11) is 2.15. The maximum Gasteiger partial charge on any atom is 0.421 e. The first-order chi connectivity index (χ1) is 20.3. The summed E-state index contributed by atoms with van der Waals surface area (Å²) < 4.78 is 57.2. The highest BCUT2D eigenvalue weighted by Gasteiger charge is 2.40. The molecule has 0 bridgehead atoms. The van der Waals surface area contributed by atoms with Crippen molar-refractivity contribution in [2.75, 3.05) is 68.2 Å². The molecule has 3 aliphatic rings. The maximum absolute atomic E-state index is 15.3. The van der Waals surface area contributed by atoms with E-state index in [1.54, 1.807) is 12.1 Å². The molecule has 3 aliphatic heterocycles. The zero-order chi connectivity index (χ0) is 29.3. The Balaban J connectivity index is 1.17. The van der Waals surface area contributed by atoms with Gasteiger partial charge in [-0.25, -0.2) is 14.4 Å². The van der Waals surface area contributed by atoms with Gasteiger partial charge in [-0.1, -0.05) is 30.3 Å². The number of benzene rings is 2. The van der Waals surface area contributed by atoms with E-state index in [4.69, 9.17) is 4.84 Å². The number of anilines is 4. The van der Waals surface area contributed by atoms with Crippen LogP contribution in [0.4, 0.5) is 40.7 Å². The molecule has 1 aromatic heterocycles. The lowest BCUT2D eigenvalue weighted by Crippen LogP contribution is -2.52. The van der Waals surface area contributed by atoms with E-state index in [2.05, 4.69) is 37.0 Å². The van der Waals surface area contributed by atoms with Crippen molar-refractivity contribution in [3.63, 3.8) is 0 Å². The largest absolute Gasteiger partial charge is 0.421 e. The maximum atomic E-state index is 15.3. The van der Waals surface area contributed by atoms with Crippen LogP contribution in [0.3, 0.4) is 0 Å². The zero-order valence-corrected chi connectivity index (χ0v) is 23.5. The lowest BCUT2D eigenvalue weighted by Gasteiger charge is -2.42. The summed E-state index contributed by atoms with van der Waals surface area (Å²) in [5.41, 5.74) is 0.678. The van der Waals surface area contributed by atoms with Crippen LogP contribution in [-0.4, -0.2) is 78.7 Å². The Hall–Kier alpha value is -3.48. The molecular formula is C30H35F4N7O. The molecule has 42 heavy (non-hydrogen) atoms. The van der Waals surface area contributed by atoms with Crippen LogP contribution < -0.4 is 15.3 Å². The molecule has 2 aromatic carbocycles. The van der Waals surface area contributed by atoms with Gasteiger partial charge in [-0.05, 0) is 43.7 Å². The van der Waals surface area contributed by atoms with Crippen molar-refractivity contribution in [3.8, 4) is 0 Å². The minimum absolute atomic E-state index is 0.0829. The Morgan fingerprint density at radius 3 is 2.36 bits per heavy atom. The molecule has 3 fully saturated rings. The van der Waals surface area contributed by atoms with Crippen molar-refractivity contribution in [2.45, 2.75) is 37.5 Å². The van der Waals surface area contributed by atoms with E-state index in [0.29, 0.717) is 23.8 Å². The number of rotatable bonds is 6. The lowest BCUT2D eigenvalue weighted by molar-refractivity contribution is -0.138. The Morgan fingerprint density at radius 2 is 1.67 bits per heavy atom. The van der Waals surface area contributed by atoms with Gasteiger partial charge in [0.25, 0.3) is 0 Å². The predicted molar refractivity (Wildman–Crippen MR) is 153 cm³/mol. The topological polar surface area (TPSA) is 60.0 Å². The Kier molecular flexibility index (Phi) is 8.19. The third kappa shape index (κ3) is 6.16. The highest BCUT2D eigenvalue weighted by molar-refractivity contribution is 5.62. The van der Waals surface area contributed by atoms with Crippen molar-refractivity contribution in [2.24, 2.45) is 0 Å². The molecule has 0 amide bonds. The van der Waals surface area contributed by atoms with Crippen LogP contribution in [-0.2, 0) is 11.0 Å². The van der Waals surface area contributed by atoms with Gasteiger partial charge in [0.15, 0.2) is 5.82 Å². The first-order valence-corrected chi connectivity index (χ1v) is 14.4. The Bertz CT molecular complexity index is 1360. The number of hydrogen-bond donors (Lipinski definition) is 1. The molecule has 0 radical (unpaired) electrons. The summed E-state index contributed by atoms with van der Waals surface area (Å²) in [5.74, 6) is -0.871. The SMILES string of the molecule is CN1CCN(C2CCN(c3ccc(Nc4ncc(C(F)(F)F)c(N5OCCC5c5ccccc5)n4)cc3F)CC2)CC1. The fourth-order valence-corrected chi connectivity index (χ4v) is 6.09. The number of hydroxylamine groups is 1. The number of likely N-dealkylation sites (N-methyl/N-ethyl adjacent to an activating group) is 1. The van der Waals surface area contributed by atoms with E-state index in [-0.39, 0.29) is 18.4 Å². The zero-order valence-electron chi connectivity index (χ0n) is 23.5. The molecule has 0 spiro atoms. The first kappa shape index (κ1) is 28.6. The van der Waals surface area contributed by atoms with Crippen molar-refractivity contribution >= 4 is 23.1 Å². The number of piperazine rings is 1. The Morgan fingerprint density at radius 1 is 0.929 bits per heavy atom. The summed E-state index contributed by atoms with van der Waals surface area (Å²) in [6.07, 6.45) is -1.48. The standard InChI is InChI=1S/C30H35F4N7O/c1-38-14-16-39(17-15-38)23-9-12-40(13-10-23)27-8-7-22(19-25(27)31)36-29-35-20-24(30(32,33)34)28(37-29)41-26(11-18-42-41)21-5-3-2-4-6-21/h2-8,19-20,23,26H,9-18H2,1H3,(H,35,36,37). The van der Waals surface area contributed by atoms with Crippen LogP contribution in [0.25, 0.3) is 0 Å². The average molecular weight is 586 g/mol. The summed E-state index contributed by atoms with van der Waals surface area (Å²) in [6, 6.07) is 14.0. The van der Waals surface area contributed by atoms with E-state index in [1.165, 1.54) is 11.1 Å². The molecule has 6 rings (SSSR count). The molecule has 12 heteroatoms. The van der Waals surface area contributed by atoms with Gasteiger partial charge in [0.1, 0.15) is 11.4 Å². The lowest BCUT2D eigenvalue weighted by atomic mass is 10.0. The van der Waals surface area contributed by atoms with Gasteiger partial charge in [-0.15, -0.1) is 0 Å². The second kappa shape index (κ2) is 12.0. The highest BCUT2D eigenvalue weighted by atomic mass is 19.4. The summed E-state index contributed by atoms with van der Waals surface area (Å²) in [6.45, 7) is 6.08. The average Bonchev–Trinajstić information content (AvgIpc) is 3.48. The molecule has 3 aromatic rings. The highest BCUT2D eigenvalue weighted by Crippen LogP contribution is 2.41. The minimum atomic E-state index is -4.69. The van der Waals surface area contributed by atoms with Gasteiger partial charge in [-0.3, -0.25) is 9.74 Å². The predicted octanol–water partition coefficient (Wildman–Crippen LogP) is 5.48. The summed E-state index contributed by atoms with van der Waals surface area (Å²) >= 11 is 0. The van der Waals surface area contributed by atoms with E-state index >= 15 is 4.39 Å². The number of piperidine rings is 1. The number of nitrogens with zero attached hydrogens (tertiary/aromatic N) is 6. The van der Waals surface area contributed by atoms with Crippen molar-refractivity contribution in [3.05, 3.63) is 71.7 Å². The van der Waals surface area contributed by atoms with Gasteiger partial charge in [0.2, 0.25) is 5.95 Å². The van der Waals surface area contributed by atoms with Crippen LogP contribution in [0.2, 0.25) is 0 Å². The molecule has 1 atom stereocenters. The first-order valence-electron chi connectivity index (χ1n) is 14.4. The molecule has 1 unspecified atom stereocenters. The van der Waals surface area contributed by atoms with E-state index in [1.807, 2.05) is 30.3 Å². The number of aromatic nitrogens is 2. The summed E-state index contributed by atoms with van der Waals surface area (Å²) in [5, 5.41) is 4.09. The van der Waals surface area contributed by atoms with Gasteiger partial charge in [-0.2, -0.15) is 18.2 Å². The molecule has 3 saturated heterocycles. The summed E-state index contributed by atoms with van der Waals surface area (Å²) in [4.78, 5) is 20.7. The fourth-order valence-electron chi connectivity index (χ4n) is 6.09. The number of hydrogen-bond acceptors (Lipinski definition) is 8. The quantitative estimate of drug-likeness (QED) is 0.382. The van der Waals surface area contributed by atoms with Crippen LogP contribution in [0, 0.1) is 5.82 Å². The van der Waals surface area contributed by atoms with Crippen LogP contribution in [0.5, 0.6) is 0 Å². The second-order valence-corrected chi connectivity index (χ2v) is 11.2. The van der Waals surface area contributed by atoms with Gasteiger partial charge in [0, 0.05) is 63.6 Å². The molecule has 1 N–H and O–H groups in total. The van der Waals surface area contributed by atoms with Crippen LogP contribution >= 0.6 is 0 Å². The van der Waals surface area contributed by atoms with Crippen molar-refractivity contribution in [1.29, 1.82) is 0 Å². The molecule has 0 saturated carbocycles. The number of nitrogens with one attached hydrogen (secondary N) is 1. The minimum Gasteiger partial charge on any atom is -0.369 e. The van der Waals surface area contributed by atoms with Gasteiger partial charge < -0.3 is 15.1 Å². The third-order valence-electron chi connectivity index (χ3n) is 8.44. The fraction of sp³-hybridized carbons (Fsp3) is 0.467. The second-order valence-electron chi connectivity index (χ2n) is 11.2. The normalized spacial score (nSPS) is 21.2. The van der Waals surface area contributed by atoms with Gasteiger partial charge >= 0.3 is 6.18 Å². The van der Waals surface area contributed by atoms with E-state index in [9.17, 15) is 13.2 Å². The molecular weight excluding hydrogens is 550 g/mol. The molecule has 8 nitrogen and oxygen atoms in total. The molecule has 224 valence electrons. The molecule has 0 aliphatic carbocycles. The van der Waals surface area contributed by atoms with Crippen LogP contribution in [0.15, 0.2) is 54.7 Å². The molecule has 4 heterocycles. The van der Waals surface area contributed by atoms with Crippen molar-refractivity contribution < 1.29 is 22.4 Å².